The molecule has 0 aromatic heterocycles. The topological polar surface area (TPSA) is 45.7 Å². The first-order chi connectivity index (χ1) is 11.5. The van der Waals surface area contributed by atoms with Gasteiger partial charge in [0.05, 0.1) is 0 Å². The Morgan fingerprint density at radius 1 is 1.29 bits per heavy atom. The van der Waals surface area contributed by atoms with Crippen LogP contribution in [0.3, 0.4) is 0 Å². The summed E-state index contributed by atoms with van der Waals surface area (Å²) in [6.45, 7) is 0.145. The minimum absolute atomic E-state index is 0.205. The van der Waals surface area contributed by atoms with Gasteiger partial charge in [-0.3, -0.25) is 4.99 Å². The molecule has 0 spiro atoms. The first-order valence-electron chi connectivity index (χ1n) is 7.81. The number of thioether (sulfide) groups is 1. The van der Waals surface area contributed by atoms with E-state index in [-0.39, 0.29) is 5.75 Å². The number of rotatable bonds is 6. The highest BCUT2D eigenvalue weighted by Crippen LogP contribution is 2.25. The van der Waals surface area contributed by atoms with Gasteiger partial charge in [-0.05, 0) is 36.3 Å². The second-order valence-electron chi connectivity index (χ2n) is 5.49. The Kier molecular flexibility index (Phi) is 7.08. The van der Waals surface area contributed by atoms with E-state index in [1.54, 1.807) is 19.2 Å². The van der Waals surface area contributed by atoms with Gasteiger partial charge in [0.25, 0.3) is 0 Å². The monoisotopic (exact) mass is 361 g/mol. The second-order valence-corrected chi connectivity index (χ2v) is 6.90. The number of ether oxygens (including phenoxy) is 1. The van der Waals surface area contributed by atoms with E-state index in [4.69, 9.17) is 0 Å². The second kappa shape index (κ2) is 9.05. The molecule has 2 N–H and O–H groups in total. The average Bonchev–Trinajstić information content (AvgIpc) is 3.07. The van der Waals surface area contributed by atoms with Crippen molar-refractivity contribution in [2.45, 2.75) is 30.8 Å². The van der Waals surface area contributed by atoms with E-state index in [9.17, 15) is 13.2 Å². The van der Waals surface area contributed by atoms with Crippen molar-refractivity contribution in [3.63, 3.8) is 0 Å². The number of guanidine groups is 1. The van der Waals surface area contributed by atoms with Crippen molar-refractivity contribution in [1.82, 2.24) is 10.6 Å². The maximum Gasteiger partial charge on any atom is 0.422 e. The molecule has 1 aliphatic rings. The van der Waals surface area contributed by atoms with Crippen molar-refractivity contribution in [1.29, 1.82) is 0 Å². The molecule has 1 heterocycles. The predicted octanol–water partition coefficient (Wildman–Crippen LogP) is 3.19. The number of hydrogen-bond donors (Lipinski definition) is 2. The van der Waals surface area contributed by atoms with Gasteiger partial charge in [-0.25, -0.2) is 0 Å². The predicted molar refractivity (Wildman–Crippen MR) is 91.7 cm³/mol. The van der Waals surface area contributed by atoms with Crippen LogP contribution in [0, 0.1) is 0 Å². The summed E-state index contributed by atoms with van der Waals surface area (Å²) in [7, 11) is 1.71. The largest absolute Gasteiger partial charge is 0.484 e. The maximum absolute atomic E-state index is 12.1. The van der Waals surface area contributed by atoms with Crippen molar-refractivity contribution < 1.29 is 17.9 Å². The van der Waals surface area contributed by atoms with Crippen LogP contribution in [-0.4, -0.2) is 43.3 Å². The molecule has 4 nitrogen and oxygen atoms in total. The molecule has 134 valence electrons. The Morgan fingerprint density at radius 3 is 2.62 bits per heavy atom. The van der Waals surface area contributed by atoms with Crippen molar-refractivity contribution in [2.24, 2.45) is 4.99 Å². The van der Waals surface area contributed by atoms with Gasteiger partial charge in [-0.2, -0.15) is 24.9 Å². The first kappa shape index (κ1) is 18.8. The highest BCUT2D eigenvalue weighted by Gasteiger charge is 2.28. The number of aliphatic imine (C=N–C) groups is 1. The van der Waals surface area contributed by atoms with Crippen LogP contribution in [0.5, 0.6) is 5.75 Å². The molecule has 1 atom stereocenters. The molecule has 1 aromatic rings. The molecule has 0 amide bonds. The van der Waals surface area contributed by atoms with E-state index in [1.165, 1.54) is 30.7 Å². The molecule has 24 heavy (non-hydrogen) atoms. The Morgan fingerprint density at radius 2 is 2.04 bits per heavy atom. The van der Waals surface area contributed by atoms with Crippen molar-refractivity contribution in [3.8, 4) is 5.75 Å². The highest BCUT2D eigenvalue weighted by atomic mass is 32.2. The Bertz CT molecular complexity index is 528. The first-order valence-corrected chi connectivity index (χ1v) is 8.86. The Balaban J connectivity index is 1.73. The summed E-state index contributed by atoms with van der Waals surface area (Å²) in [6.07, 6.45) is -1.82. The minimum atomic E-state index is -4.32. The van der Waals surface area contributed by atoms with E-state index >= 15 is 0 Å². The van der Waals surface area contributed by atoms with Crippen molar-refractivity contribution >= 4 is 17.7 Å². The molecule has 2 rings (SSSR count). The molecule has 1 unspecified atom stereocenters. The fourth-order valence-electron chi connectivity index (χ4n) is 2.29. The van der Waals surface area contributed by atoms with Gasteiger partial charge in [-0.15, -0.1) is 0 Å². The fraction of sp³-hybridized carbons (Fsp3) is 0.562. The zero-order valence-corrected chi connectivity index (χ0v) is 14.3. The van der Waals surface area contributed by atoms with Crippen LogP contribution >= 0.6 is 11.8 Å². The molecule has 1 aliphatic heterocycles. The summed E-state index contributed by atoms with van der Waals surface area (Å²) >= 11 is 1.98. The molecule has 1 aromatic carbocycles. The quantitative estimate of drug-likeness (QED) is 0.603. The third-order valence-corrected chi connectivity index (χ3v) is 4.93. The summed E-state index contributed by atoms with van der Waals surface area (Å²) in [5.41, 5.74) is 0.938. The number of nitrogens with zero attached hydrogens (tertiary/aromatic N) is 1. The maximum atomic E-state index is 12.1. The van der Waals surface area contributed by atoms with Gasteiger partial charge >= 0.3 is 6.18 Å². The van der Waals surface area contributed by atoms with E-state index in [0.29, 0.717) is 11.8 Å². The van der Waals surface area contributed by atoms with Gasteiger partial charge in [0.2, 0.25) is 0 Å². The molecule has 1 saturated heterocycles. The van der Waals surface area contributed by atoms with E-state index in [2.05, 4.69) is 20.4 Å². The van der Waals surface area contributed by atoms with Crippen LogP contribution in [0.25, 0.3) is 0 Å². The molecule has 0 aliphatic carbocycles. The van der Waals surface area contributed by atoms with E-state index in [1.807, 2.05) is 11.8 Å². The summed E-state index contributed by atoms with van der Waals surface area (Å²) in [4.78, 5) is 4.17. The van der Waals surface area contributed by atoms with Crippen molar-refractivity contribution in [2.75, 3.05) is 26.0 Å². The number of nitrogens with one attached hydrogen (secondary N) is 2. The van der Waals surface area contributed by atoms with Crippen molar-refractivity contribution in [3.05, 3.63) is 29.8 Å². The smallest absolute Gasteiger partial charge is 0.422 e. The van der Waals surface area contributed by atoms with Gasteiger partial charge in [0.15, 0.2) is 12.6 Å². The minimum Gasteiger partial charge on any atom is -0.484 e. The third kappa shape index (κ3) is 6.90. The van der Waals surface area contributed by atoms with Crippen LogP contribution in [0.15, 0.2) is 29.3 Å². The van der Waals surface area contributed by atoms with Crippen LogP contribution in [0.1, 0.15) is 18.4 Å². The number of benzene rings is 1. The summed E-state index contributed by atoms with van der Waals surface area (Å²) in [5.74, 6) is 2.15. The normalized spacial score (nSPS) is 18.5. The molecule has 0 bridgehead atoms. The van der Waals surface area contributed by atoms with Gasteiger partial charge < -0.3 is 15.4 Å². The zero-order chi connectivity index (χ0) is 17.4. The van der Waals surface area contributed by atoms with E-state index in [0.717, 1.165) is 18.1 Å². The third-order valence-electron chi connectivity index (χ3n) is 3.53. The zero-order valence-electron chi connectivity index (χ0n) is 13.5. The summed E-state index contributed by atoms with van der Waals surface area (Å²) in [5, 5.41) is 7.13. The van der Waals surface area contributed by atoms with Crippen LogP contribution in [0.4, 0.5) is 13.2 Å². The molecule has 8 heteroatoms. The standard InChI is InChI=1S/C16H22F3N3OS/c1-20-15(22-10-14-3-2-8-24-14)21-9-12-4-6-13(7-5-12)23-11-16(17,18)19/h4-7,14H,2-3,8-11H2,1H3,(H2,20,21,22). The molecular weight excluding hydrogens is 339 g/mol. The molecular formula is C16H22F3N3OS. The lowest BCUT2D eigenvalue weighted by atomic mass is 10.2. The SMILES string of the molecule is CN=C(NCc1ccc(OCC(F)(F)F)cc1)NCC1CCCS1. The Labute approximate surface area is 144 Å². The summed E-state index contributed by atoms with van der Waals surface area (Å²) < 4.78 is 41.0. The van der Waals surface area contributed by atoms with Gasteiger partial charge in [-0.1, -0.05) is 12.1 Å². The fourth-order valence-corrected chi connectivity index (χ4v) is 3.49. The number of halogens is 3. The lowest BCUT2D eigenvalue weighted by Gasteiger charge is -2.15. The van der Waals surface area contributed by atoms with Crippen LogP contribution < -0.4 is 15.4 Å². The van der Waals surface area contributed by atoms with E-state index < -0.39 is 12.8 Å². The van der Waals surface area contributed by atoms with Crippen LogP contribution in [0.2, 0.25) is 0 Å². The lowest BCUT2D eigenvalue weighted by molar-refractivity contribution is -0.153. The Hall–Kier alpha value is -1.57. The molecule has 1 fully saturated rings. The van der Waals surface area contributed by atoms with Crippen LogP contribution in [-0.2, 0) is 6.54 Å². The van der Waals surface area contributed by atoms with Gasteiger partial charge in [0.1, 0.15) is 5.75 Å². The average molecular weight is 361 g/mol. The number of alkyl halides is 3. The summed E-state index contributed by atoms with van der Waals surface area (Å²) in [6, 6.07) is 6.54. The highest BCUT2D eigenvalue weighted by molar-refractivity contribution is 8.00. The lowest BCUT2D eigenvalue weighted by Crippen LogP contribution is -2.39. The van der Waals surface area contributed by atoms with Gasteiger partial charge in [0, 0.05) is 25.4 Å². The molecule has 0 radical (unpaired) electrons. The molecule has 0 saturated carbocycles. The number of hydrogen-bond acceptors (Lipinski definition) is 3.